The average molecular weight is 290 g/mol. The van der Waals surface area contributed by atoms with Crippen LogP contribution in [0.1, 0.15) is 11.3 Å². The minimum Gasteiger partial charge on any atom is -0.361 e. The SMILES string of the molecule is c1ccc([C@]2(c3ccccn3)Nc3ccccc3S2)cc1. The molecule has 0 unspecified atom stereocenters. The number of rotatable bonds is 2. The molecule has 3 heteroatoms. The zero-order valence-corrected chi connectivity index (χ0v) is 12.2. The van der Waals surface area contributed by atoms with Gasteiger partial charge in [-0.3, -0.25) is 4.98 Å². The molecule has 0 bridgehead atoms. The molecule has 2 heterocycles. The summed E-state index contributed by atoms with van der Waals surface area (Å²) in [5.41, 5.74) is 3.40. The zero-order valence-electron chi connectivity index (χ0n) is 11.4. The van der Waals surface area contributed by atoms with E-state index in [0.717, 1.165) is 11.4 Å². The molecule has 1 aliphatic heterocycles. The molecule has 2 nitrogen and oxygen atoms in total. The molecular formula is C18H14N2S. The van der Waals surface area contributed by atoms with Gasteiger partial charge >= 0.3 is 0 Å². The summed E-state index contributed by atoms with van der Waals surface area (Å²) in [5.74, 6) is 0. The van der Waals surface area contributed by atoms with Crippen molar-refractivity contribution in [2.24, 2.45) is 0 Å². The Balaban J connectivity index is 1.90. The van der Waals surface area contributed by atoms with Crippen molar-refractivity contribution in [2.75, 3.05) is 5.32 Å². The van der Waals surface area contributed by atoms with Gasteiger partial charge < -0.3 is 5.32 Å². The Kier molecular flexibility index (Phi) is 2.93. The highest BCUT2D eigenvalue weighted by Gasteiger charge is 2.42. The van der Waals surface area contributed by atoms with Gasteiger partial charge in [0.2, 0.25) is 0 Å². The van der Waals surface area contributed by atoms with Gasteiger partial charge in [-0.05, 0) is 29.8 Å². The molecular weight excluding hydrogens is 276 g/mol. The molecule has 2 aromatic carbocycles. The molecule has 1 aliphatic rings. The minimum atomic E-state index is -0.355. The molecule has 4 rings (SSSR count). The second kappa shape index (κ2) is 4.93. The van der Waals surface area contributed by atoms with E-state index in [1.165, 1.54) is 10.5 Å². The number of nitrogens with zero attached hydrogens (tertiary/aromatic N) is 1. The van der Waals surface area contributed by atoms with Gasteiger partial charge in [-0.25, -0.2) is 0 Å². The van der Waals surface area contributed by atoms with Crippen LogP contribution in [0.4, 0.5) is 5.69 Å². The van der Waals surface area contributed by atoms with Crippen molar-refractivity contribution in [1.29, 1.82) is 0 Å². The van der Waals surface area contributed by atoms with Gasteiger partial charge in [-0.1, -0.05) is 60.3 Å². The largest absolute Gasteiger partial charge is 0.361 e. The number of hydrogen-bond acceptors (Lipinski definition) is 3. The van der Waals surface area contributed by atoms with Crippen LogP contribution in [0, 0.1) is 0 Å². The van der Waals surface area contributed by atoms with Crippen LogP contribution in [-0.2, 0) is 4.87 Å². The number of nitrogens with one attached hydrogen (secondary N) is 1. The number of anilines is 1. The maximum atomic E-state index is 4.61. The second-order valence-corrected chi connectivity index (χ2v) is 6.24. The van der Waals surface area contributed by atoms with E-state index in [2.05, 4.69) is 64.9 Å². The van der Waals surface area contributed by atoms with Gasteiger partial charge in [0, 0.05) is 16.8 Å². The fourth-order valence-electron chi connectivity index (χ4n) is 2.68. The van der Waals surface area contributed by atoms with Crippen LogP contribution in [0.15, 0.2) is 83.9 Å². The van der Waals surface area contributed by atoms with Crippen LogP contribution < -0.4 is 5.32 Å². The van der Waals surface area contributed by atoms with Crippen LogP contribution in [0.5, 0.6) is 0 Å². The van der Waals surface area contributed by atoms with E-state index in [0.29, 0.717) is 0 Å². The van der Waals surface area contributed by atoms with Gasteiger partial charge in [0.1, 0.15) is 0 Å². The number of pyridine rings is 1. The highest BCUT2D eigenvalue weighted by Crippen LogP contribution is 2.53. The quantitative estimate of drug-likeness (QED) is 0.752. The fourth-order valence-corrected chi connectivity index (χ4v) is 4.02. The van der Waals surface area contributed by atoms with Crippen molar-refractivity contribution in [3.8, 4) is 0 Å². The number of aromatic nitrogens is 1. The summed E-state index contributed by atoms with van der Waals surface area (Å²) in [5, 5.41) is 3.68. The molecule has 1 aromatic heterocycles. The van der Waals surface area contributed by atoms with E-state index in [1.54, 1.807) is 0 Å². The summed E-state index contributed by atoms with van der Waals surface area (Å²) >= 11 is 1.82. The first kappa shape index (κ1) is 12.5. The molecule has 0 aliphatic carbocycles. The molecule has 102 valence electrons. The average Bonchev–Trinajstić information content (AvgIpc) is 2.97. The molecule has 1 atom stereocenters. The number of para-hydroxylation sites is 1. The van der Waals surface area contributed by atoms with Crippen LogP contribution in [-0.4, -0.2) is 4.98 Å². The lowest BCUT2D eigenvalue weighted by Gasteiger charge is -2.29. The third kappa shape index (κ3) is 2.01. The lowest BCUT2D eigenvalue weighted by Crippen LogP contribution is -2.30. The molecule has 0 radical (unpaired) electrons. The molecule has 0 amide bonds. The van der Waals surface area contributed by atoms with Crippen LogP contribution in [0.25, 0.3) is 0 Å². The van der Waals surface area contributed by atoms with Gasteiger partial charge in [-0.15, -0.1) is 0 Å². The van der Waals surface area contributed by atoms with Crippen molar-refractivity contribution in [2.45, 2.75) is 9.77 Å². The summed E-state index contributed by atoms with van der Waals surface area (Å²) in [6.45, 7) is 0. The third-order valence-corrected chi connectivity index (χ3v) is 5.10. The molecule has 0 saturated carbocycles. The Morgan fingerprint density at radius 1 is 0.810 bits per heavy atom. The van der Waals surface area contributed by atoms with Crippen molar-refractivity contribution >= 4 is 17.4 Å². The normalized spacial score (nSPS) is 19.8. The number of fused-ring (bicyclic) bond motifs is 1. The summed E-state index contributed by atoms with van der Waals surface area (Å²) in [4.78, 5) is 5.51. The smallest absolute Gasteiger partial charge is 0.157 e. The van der Waals surface area contributed by atoms with Crippen molar-refractivity contribution in [1.82, 2.24) is 4.98 Å². The third-order valence-electron chi connectivity index (χ3n) is 3.67. The van der Waals surface area contributed by atoms with E-state index >= 15 is 0 Å². The second-order valence-electron chi connectivity index (χ2n) is 4.99. The van der Waals surface area contributed by atoms with E-state index in [-0.39, 0.29) is 4.87 Å². The lowest BCUT2D eigenvalue weighted by atomic mass is 10.0. The number of hydrogen-bond donors (Lipinski definition) is 1. The predicted octanol–water partition coefficient (Wildman–Crippen LogP) is 4.50. The van der Waals surface area contributed by atoms with E-state index < -0.39 is 0 Å². The maximum absolute atomic E-state index is 4.61. The fraction of sp³-hybridized carbons (Fsp3) is 0.0556. The minimum absolute atomic E-state index is 0.355. The van der Waals surface area contributed by atoms with Gasteiger partial charge in [-0.2, -0.15) is 0 Å². The molecule has 0 spiro atoms. The van der Waals surface area contributed by atoms with Crippen molar-refractivity contribution < 1.29 is 0 Å². The first-order valence-electron chi connectivity index (χ1n) is 6.92. The summed E-state index contributed by atoms with van der Waals surface area (Å²) < 4.78 is 0. The molecule has 1 N–H and O–H groups in total. The summed E-state index contributed by atoms with van der Waals surface area (Å²) in [6, 6.07) is 25.0. The molecule has 0 fully saturated rings. The Labute approximate surface area is 128 Å². The maximum Gasteiger partial charge on any atom is 0.157 e. The Morgan fingerprint density at radius 2 is 1.57 bits per heavy atom. The monoisotopic (exact) mass is 290 g/mol. The number of benzene rings is 2. The van der Waals surface area contributed by atoms with Crippen molar-refractivity contribution in [3.05, 3.63) is 90.3 Å². The van der Waals surface area contributed by atoms with E-state index in [9.17, 15) is 0 Å². The van der Waals surface area contributed by atoms with E-state index in [1.807, 2.05) is 36.2 Å². The highest BCUT2D eigenvalue weighted by molar-refractivity contribution is 8.01. The number of thioether (sulfide) groups is 1. The zero-order chi connectivity index (χ0) is 14.1. The predicted molar refractivity (Wildman–Crippen MR) is 87.4 cm³/mol. The summed E-state index contributed by atoms with van der Waals surface area (Å²) in [6.07, 6.45) is 1.85. The van der Waals surface area contributed by atoms with Crippen molar-refractivity contribution in [3.63, 3.8) is 0 Å². The topological polar surface area (TPSA) is 24.9 Å². The Morgan fingerprint density at radius 3 is 2.33 bits per heavy atom. The first-order valence-corrected chi connectivity index (χ1v) is 7.73. The Hall–Kier alpha value is -2.26. The van der Waals surface area contributed by atoms with E-state index in [4.69, 9.17) is 0 Å². The van der Waals surface area contributed by atoms with Crippen LogP contribution in [0.2, 0.25) is 0 Å². The van der Waals surface area contributed by atoms with Gasteiger partial charge in [0.05, 0.1) is 5.69 Å². The Bertz CT molecular complexity index is 690. The summed E-state index contributed by atoms with van der Waals surface area (Å²) in [7, 11) is 0. The first-order chi connectivity index (χ1) is 10.4. The standard InChI is InChI=1S/C18H14N2S/c1-2-8-14(9-3-1)18(17-12-6-7-13-19-17)20-15-10-4-5-11-16(15)21-18/h1-13,20H/t18-/m0/s1. The molecule has 0 saturated heterocycles. The van der Waals surface area contributed by atoms with Gasteiger partial charge in [0.25, 0.3) is 0 Å². The van der Waals surface area contributed by atoms with Gasteiger partial charge in [0.15, 0.2) is 4.87 Å². The highest BCUT2D eigenvalue weighted by atomic mass is 32.2. The van der Waals surface area contributed by atoms with Crippen LogP contribution >= 0.6 is 11.8 Å². The van der Waals surface area contributed by atoms with Crippen LogP contribution in [0.3, 0.4) is 0 Å². The lowest BCUT2D eigenvalue weighted by molar-refractivity contribution is 0.828. The molecule has 3 aromatic rings. The molecule has 21 heavy (non-hydrogen) atoms.